The minimum atomic E-state index is 0.593. The fraction of sp³-hybridized carbons (Fsp3) is 0.167. The Kier molecular flexibility index (Phi) is 4.69. The minimum absolute atomic E-state index is 0.593. The molecule has 23 heavy (non-hydrogen) atoms. The largest absolute Gasteiger partial charge is 0.323 e. The number of aryl methyl sites for hydroxylation is 1. The van der Waals surface area contributed by atoms with Crippen LogP contribution >= 0.6 is 23.2 Å². The molecule has 0 amide bonds. The van der Waals surface area contributed by atoms with Gasteiger partial charge in [0.25, 0.3) is 0 Å². The highest BCUT2D eigenvalue weighted by Crippen LogP contribution is 2.27. The maximum Gasteiger partial charge on any atom is 0.142 e. The van der Waals surface area contributed by atoms with Gasteiger partial charge >= 0.3 is 0 Å². The van der Waals surface area contributed by atoms with E-state index >= 15 is 0 Å². The number of benzene rings is 1. The predicted octanol–water partition coefficient (Wildman–Crippen LogP) is 4.99. The second-order valence-electron chi connectivity index (χ2n) is 5.28. The predicted molar refractivity (Wildman–Crippen MR) is 94.8 cm³/mol. The summed E-state index contributed by atoms with van der Waals surface area (Å²) in [5.74, 6) is 0.866. The van der Waals surface area contributed by atoms with Crippen LogP contribution in [0.4, 0.5) is 0 Å². The summed E-state index contributed by atoms with van der Waals surface area (Å²) >= 11 is 12.4. The Hall–Kier alpha value is -1.84. The van der Waals surface area contributed by atoms with Gasteiger partial charge in [0, 0.05) is 33.7 Å². The number of nitrogens with zero attached hydrogens (tertiary/aromatic N) is 3. The summed E-state index contributed by atoms with van der Waals surface area (Å²) in [6.45, 7) is 6.62. The molecule has 0 saturated heterocycles. The molecule has 0 aliphatic carbocycles. The second kappa shape index (κ2) is 6.73. The standard InChI is InChI=1S/C18H16Cl2N3/c1-3-17-12(2)22-18(13-5-4-8-21-10-13)23(17)11-14-9-15(19)6-7-16(14)20/h4-10H,1,3,11H2,2H3. The highest BCUT2D eigenvalue weighted by atomic mass is 35.5. The van der Waals surface area contributed by atoms with E-state index in [1.807, 2.05) is 37.4 Å². The van der Waals surface area contributed by atoms with Gasteiger partial charge in [-0.2, -0.15) is 0 Å². The van der Waals surface area contributed by atoms with Crippen LogP contribution in [0.1, 0.15) is 17.0 Å². The third-order valence-electron chi connectivity index (χ3n) is 3.77. The number of halogens is 2. The molecule has 1 aromatic carbocycles. The first-order valence-electron chi connectivity index (χ1n) is 7.29. The lowest BCUT2D eigenvalue weighted by Gasteiger charge is -2.13. The lowest BCUT2D eigenvalue weighted by atomic mass is 10.2. The molecule has 2 heterocycles. The van der Waals surface area contributed by atoms with Crippen LogP contribution in [0.2, 0.25) is 10.0 Å². The van der Waals surface area contributed by atoms with Crippen molar-refractivity contribution in [2.24, 2.45) is 0 Å². The summed E-state index contributed by atoms with van der Waals surface area (Å²) in [7, 11) is 0. The molecule has 3 aromatic rings. The Morgan fingerprint density at radius 3 is 2.74 bits per heavy atom. The van der Waals surface area contributed by atoms with Crippen molar-refractivity contribution in [3.63, 3.8) is 0 Å². The molecule has 5 heteroatoms. The Balaban J connectivity index is 2.12. The summed E-state index contributed by atoms with van der Waals surface area (Å²) < 4.78 is 2.14. The fourth-order valence-corrected chi connectivity index (χ4v) is 3.02. The molecule has 0 unspecified atom stereocenters. The molecule has 0 aliphatic heterocycles. The third kappa shape index (κ3) is 3.26. The number of imidazole rings is 1. The molecular formula is C18H16Cl2N3. The number of hydrogen-bond acceptors (Lipinski definition) is 2. The van der Waals surface area contributed by atoms with Gasteiger partial charge in [-0.15, -0.1) is 0 Å². The maximum atomic E-state index is 6.33. The monoisotopic (exact) mass is 344 g/mol. The number of hydrogen-bond donors (Lipinski definition) is 0. The van der Waals surface area contributed by atoms with Gasteiger partial charge in [0.1, 0.15) is 5.82 Å². The summed E-state index contributed by atoms with van der Waals surface area (Å²) in [4.78, 5) is 8.90. The maximum absolute atomic E-state index is 6.33. The lowest BCUT2D eigenvalue weighted by molar-refractivity contribution is 0.762. The molecule has 3 rings (SSSR count). The van der Waals surface area contributed by atoms with E-state index in [2.05, 4.69) is 16.5 Å². The van der Waals surface area contributed by atoms with Crippen molar-refractivity contribution in [1.82, 2.24) is 14.5 Å². The van der Waals surface area contributed by atoms with E-state index in [9.17, 15) is 0 Å². The average molecular weight is 345 g/mol. The summed E-state index contributed by atoms with van der Waals surface area (Å²) in [6, 6.07) is 9.39. The second-order valence-corrected chi connectivity index (χ2v) is 6.12. The van der Waals surface area contributed by atoms with E-state index < -0.39 is 0 Å². The van der Waals surface area contributed by atoms with Crippen molar-refractivity contribution in [1.29, 1.82) is 0 Å². The van der Waals surface area contributed by atoms with Crippen molar-refractivity contribution in [2.45, 2.75) is 19.9 Å². The molecule has 117 valence electrons. The fourth-order valence-electron chi connectivity index (χ4n) is 2.64. The van der Waals surface area contributed by atoms with Gasteiger partial charge in [-0.25, -0.2) is 4.98 Å². The first kappa shape index (κ1) is 16.0. The molecule has 0 saturated carbocycles. The van der Waals surface area contributed by atoms with Crippen molar-refractivity contribution in [3.05, 3.63) is 76.6 Å². The van der Waals surface area contributed by atoms with Crippen LogP contribution < -0.4 is 0 Å². The van der Waals surface area contributed by atoms with E-state index in [0.717, 1.165) is 28.3 Å². The van der Waals surface area contributed by atoms with Gasteiger partial charge < -0.3 is 4.57 Å². The van der Waals surface area contributed by atoms with Crippen LogP contribution in [-0.4, -0.2) is 14.5 Å². The average Bonchev–Trinajstić information content (AvgIpc) is 2.87. The molecular weight excluding hydrogens is 329 g/mol. The van der Waals surface area contributed by atoms with Crippen molar-refractivity contribution < 1.29 is 0 Å². The van der Waals surface area contributed by atoms with E-state index in [1.165, 1.54) is 0 Å². The number of rotatable bonds is 4. The third-order valence-corrected chi connectivity index (χ3v) is 4.37. The van der Waals surface area contributed by atoms with Gasteiger partial charge in [0.2, 0.25) is 0 Å². The van der Waals surface area contributed by atoms with E-state index in [1.54, 1.807) is 12.3 Å². The van der Waals surface area contributed by atoms with Crippen molar-refractivity contribution in [2.75, 3.05) is 0 Å². The van der Waals surface area contributed by atoms with Crippen LogP contribution in [-0.2, 0) is 13.0 Å². The van der Waals surface area contributed by atoms with Gasteiger partial charge in [0.05, 0.1) is 12.2 Å². The zero-order valence-electron chi connectivity index (χ0n) is 12.8. The van der Waals surface area contributed by atoms with Crippen LogP contribution in [0.25, 0.3) is 11.4 Å². The zero-order valence-corrected chi connectivity index (χ0v) is 14.3. The molecule has 0 bridgehead atoms. The summed E-state index contributed by atoms with van der Waals surface area (Å²) in [5, 5.41) is 1.35. The first-order chi connectivity index (χ1) is 11.1. The topological polar surface area (TPSA) is 30.7 Å². The minimum Gasteiger partial charge on any atom is -0.323 e. The molecule has 3 nitrogen and oxygen atoms in total. The summed E-state index contributed by atoms with van der Waals surface area (Å²) in [5.41, 5.74) is 3.97. The van der Waals surface area contributed by atoms with Crippen LogP contribution in [0, 0.1) is 13.8 Å². The molecule has 0 spiro atoms. The molecule has 2 aromatic heterocycles. The van der Waals surface area contributed by atoms with E-state index in [4.69, 9.17) is 28.2 Å². The van der Waals surface area contributed by atoms with E-state index in [-0.39, 0.29) is 0 Å². The normalized spacial score (nSPS) is 11.0. The molecule has 0 N–H and O–H groups in total. The highest BCUT2D eigenvalue weighted by molar-refractivity contribution is 6.33. The van der Waals surface area contributed by atoms with Crippen LogP contribution in [0.5, 0.6) is 0 Å². The van der Waals surface area contributed by atoms with Crippen molar-refractivity contribution >= 4 is 23.2 Å². The molecule has 0 atom stereocenters. The molecule has 1 radical (unpaired) electrons. The van der Waals surface area contributed by atoms with Gasteiger partial charge in [-0.05, 0) is 56.2 Å². The van der Waals surface area contributed by atoms with Gasteiger partial charge in [-0.3, -0.25) is 4.98 Å². The number of aromatic nitrogens is 3. The van der Waals surface area contributed by atoms with Crippen molar-refractivity contribution in [3.8, 4) is 11.4 Å². The Morgan fingerprint density at radius 2 is 2.04 bits per heavy atom. The summed E-state index contributed by atoms with van der Waals surface area (Å²) in [6.07, 6.45) is 4.21. The Labute approximate surface area is 145 Å². The quantitative estimate of drug-likeness (QED) is 0.667. The SMILES string of the molecule is [CH2]Cc1c(C)nc(-c2cccnc2)n1Cc1cc(Cl)ccc1Cl. The Morgan fingerprint density at radius 1 is 1.22 bits per heavy atom. The lowest BCUT2D eigenvalue weighted by Crippen LogP contribution is -2.07. The highest BCUT2D eigenvalue weighted by Gasteiger charge is 2.16. The zero-order chi connectivity index (χ0) is 16.4. The van der Waals surface area contributed by atoms with Crippen LogP contribution in [0.3, 0.4) is 0 Å². The van der Waals surface area contributed by atoms with Gasteiger partial charge in [0.15, 0.2) is 0 Å². The van der Waals surface area contributed by atoms with Crippen LogP contribution in [0.15, 0.2) is 42.7 Å². The number of pyridine rings is 1. The Bertz CT molecular complexity index is 826. The molecule has 0 fully saturated rings. The smallest absolute Gasteiger partial charge is 0.142 e. The molecule has 0 aliphatic rings. The van der Waals surface area contributed by atoms with E-state index in [0.29, 0.717) is 23.0 Å². The first-order valence-corrected chi connectivity index (χ1v) is 8.05. The van der Waals surface area contributed by atoms with Gasteiger partial charge in [-0.1, -0.05) is 23.2 Å².